The summed E-state index contributed by atoms with van der Waals surface area (Å²) in [5.41, 5.74) is 0. The molecule has 0 aliphatic rings. The highest BCUT2D eigenvalue weighted by molar-refractivity contribution is 5.36. The lowest BCUT2D eigenvalue weighted by atomic mass is 10.5. The molecule has 1 N–H and O–H groups in total. The monoisotopic (exact) mass is 248 g/mol. The number of hydrogen-bond donors (Lipinski definition) is 1. The fraction of sp³-hybridized carbons (Fsp3) is 0.417. The van der Waals surface area contributed by atoms with E-state index in [0.717, 1.165) is 12.2 Å². The number of nitrogens with zero attached hydrogens (tertiary/aromatic N) is 3. The Labute approximate surface area is 105 Å². The molecule has 0 bridgehead atoms. The Kier molecular flexibility index (Phi) is 4.11. The zero-order valence-electron chi connectivity index (χ0n) is 10.5. The van der Waals surface area contributed by atoms with Crippen LogP contribution in [0.3, 0.4) is 0 Å². The van der Waals surface area contributed by atoms with Crippen LogP contribution in [0.1, 0.15) is 25.0 Å². The SMILES string of the molecule is CCCOc1cc(NCc2ncc(C)o2)ncn1. The molecule has 2 aromatic rings. The third kappa shape index (κ3) is 3.44. The van der Waals surface area contributed by atoms with Gasteiger partial charge in [0.25, 0.3) is 0 Å². The largest absolute Gasteiger partial charge is 0.478 e. The molecule has 0 aliphatic heterocycles. The molecule has 0 atom stereocenters. The van der Waals surface area contributed by atoms with Gasteiger partial charge in [-0.25, -0.2) is 15.0 Å². The summed E-state index contributed by atoms with van der Waals surface area (Å²) in [4.78, 5) is 12.2. The zero-order valence-corrected chi connectivity index (χ0v) is 10.5. The van der Waals surface area contributed by atoms with E-state index in [4.69, 9.17) is 9.15 Å². The molecule has 0 aromatic carbocycles. The maximum absolute atomic E-state index is 5.42. The molecular weight excluding hydrogens is 232 g/mol. The number of anilines is 1. The molecule has 96 valence electrons. The van der Waals surface area contributed by atoms with Crippen molar-refractivity contribution in [3.05, 3.63) is 30.2 Å². The van der Waals surface area contributed by atoms with Crippen molar-refractivity contribution in [3.8, 4) is 5.88 Å². The molecule has 0 fully saturated rings. The van der Waals surface area contributed by atoms with Gasteiger partial charge in [-0.05, 0) is 13.3 Å². The maximum Gasteiger partial charge on any atom is 0.218 e. The first-order chi connectivity index (χ1) is 8.78. The normalized spacial score (nSPS) is 10.3. The molecule has 0 saturated carbocycles. The number of aromatic nitrogens is 3. The Morgan fingerprint density at radius 3 is 2.94 bits per heavy atom. The van der Waals surface area contributed by atoms with E-state index in [2.05, 4.69) is 20.3 Å². The highest BCUT2D eigenvalue weighted by Gasteiger charge is 2.02. The molecular formula is C12H16N4O2. The van der Waals surface area contributed by atoms with Crippen LogP contribution in [-0.2, 0) is 6.54 Å². The summed E-state index contributed by atoms with van der Waals surface area (Å²) in [5, 5.41) is 3.10. The topological polar surface area (TPSA) is 73.1 Å². The zero-order chi connectivity index (χ0) is 12.8. The number of nitrogens with one attached hydrogen (secondary N) is 1. The first kappa shape index (κ1) is 12.3. The third-order valence-corrected chi connectivity index (χ3v) is 2.19. The molecule has 0 unspecified atom stereocenters. The van der Waals surface area contributed by atoms with Gasteiger partial charge in [-0.15, -0.1) is 0 Å². The lowest BCUT2D eigenvalue weighted by Gasteiger charge is -2.06. The average Bonchev–Trinajstić information content (AvgIpc) is 2.80. The molecule has 0 spiro atoms. The lowest BCUT2D eigenvalue weighted by Crippen LogP contribution is -2.03. The molecule has 6 nitrogen and oxygen atoms in total. The minimum Gasteiger partial charge on any atom is -0.478 e. The van der Waals surface area contributed by atoms with E-state index in [9.17, 15) is 0 Å². The fourth-order valence-corrected chi connectivity index (χ4v) is 1.37. The first-order valence-electron chi connectivity index (χ1n) is 5.88. The van der Waals surface area contributed by atoms with Crippen LogP contribution in [-0.4, -0.2) is 21.6 Å². The predicted molar refractivity (Wildman–Crippen MR) is 66.4 cm³/mol. The Morgan fingerprint density at radius 1 is 1.33 bits per heavy atom. The molecule has 18 heavy (non-hydrogen) atoms. The second kappa shape index (κ2) is 6.00. The lowest BCUT2D eigenvalue weighted by molar-refractivity contribution is 0.305. The molecule has 2 heterocycles. The molecule has 2 rings (SSSR count). The van der Waals surface area contributed by atoms with Gasteiger partial charge in [-0.3, -0.25) is 0 Å². The van der Waals surface area contributed by atoms with Crippen LogP contribution in [0.25, 0.3) is 0 Å². The van der Waals surface area contributed by atoms with Crippen molar-refractivity contribution < 1.29 is 9.15 Å². The van der Waals surface area contributed by atoms with Crippen molar-refractivity contribution in [2.75, 3.05) is 11.9 Å². The Morgan fingerprint density at radius 2 is 2.22 bits per heavy atom. The summed E-state index contributed by atoms with van der Waals surface area (Å²) in [6, 6.07) is 1.76. The van der Waals surface area contributed by atoms with Crippen LogP contribution in [0.2, 0.25) is 0 Å². The van der Waals surface area contributed by atoms with E-state index in [1.807, 2.05) is 13.8 Å². The van der Waals surface area contributed by atoms with Gasteiger partial charge in [-0.1, -0.05) is 6.92 Å². The van der Waals surface area contributed by atoms with Gasteiger partial charge in [-0.2, -0.15) is 0 Å². The molecule has 0 amide bonds. The second-order valence-electron chi connectivity index (χ2n) is 3.81. The predicted octanol–water partition coefficient (Wildman–Crippen LogP) is 2.17. The van der Waals surface area contributed by atoms with Crippen molar-refractivity contribution >= 4 is 5.82 Å². The van der Waals surface area contributed by atoms with Gasteiger partial charge in [0.05, 0.1) is 19.3 Å². The number of ether oxygens (including phenoxy) is 1. The molecule has 0 aliphatic carbocycles. The number of hydrogen-bond acceptors (Lipinski definition) is 6. The smallest absolute Gasteiger partial charge is 0.218 e. The van der Waals surface area contributed by atoms with Gasteiger partial charge >= 0.3 is 0 Å². The van der Waals surface area contributed by atoms with E-state index in [-0.39, 0.29) is 0 Å². The van der Waals surface area contributed by atoms with Crippen LogP contribution in [0, 0.1) is 6.92 Å². The highest BCUT2D eigenvalue weighted by atomic mass is 16.5. The average molecular weight is 248 g/mol. The Bertz CT molecular complexity index is 498. The van der Waals surface area contributed by atoms with Crippen LogP contribution in [0.4, 0.5) is 5.82 Å². The fourth-order valence-electron chi connectivity index (χ4n) is 1.37. The summed E-state index contributed by atoms with van der Waals surface area (Å²) in [6.45, 7) is 5.04. The molecule has 2 aromatic heterocycles. The standard InChI is InChI=1S/C12H16N4O2/c1-3-4-17-11-5-10(15-8-16-11)13-7-12-14-6-9(2)18-12/h5-6,8H,3-4,7H2,1-2H3,(H,13,15,16). The van der Waals surface area contributed by atoms with E-state index in [1.165, 1.54) is 6.33 Å². The summed E-state index contributed by atoms with van der Waals surface area (Å²) < 4.78 is 10.8. The Hall–Kier alpha value is -2.11. The van der Waals surface area contributed by atoms with Crippen LogP contribution in [0.5, 0.6) is 5.88 Å². The third-order valence-electron chi connectivity index (χ3n) is 2.19. The highest BCUT2D eigenvalue weighted by Crippen LogP contribution is 2.12. The van der Waals surface area contributed by atoms with Crippen molar-refractivity contribution in [2.24, 2.45) is 0 Å². The van der Waals surface area contributed by atoms with Crippen LogP contribution >= 0.6 is 0 Å². The van der Waals surface area contributed by atoms with Crippen LogP contribution < -0.4 is 10.1 Å². The summed E-state index contributed by atoms with van der Waals surface area (Å²) in [5.74, 6) is 2.67. The van der Waals surface area contributed by atoms with E-state index < -0.39 is 0 Å². The molecule has 0 radical (unpaired) electrons. The van der Waals surface area contributed by atoms with Crippen LogP contribution in [0.15, 0.2) is 23.0 Å². The van der Waals surface area contributed by atoms with Crippen molar-refractivity contribution in [3.63, 3.8) is 0 Å². The summed E-state index contributed by atoms with van der Waals surface area (Å²) in [6.07, 6.45) is 4.10. The minimum atomic E-state index is 0.484. The number of oxazole rings is 1. The molecule has 0 saturated heterocycles. The quantitative estimate of drug-likeness (QED) is 0.844. The van der Waals surface area contributed by atoms with Gasteiger partial charge in [0.2, 0.25) is 11.8 Å². The van der Waals surface area contributed by atoms with E-state index >= 15 is 0 Å². The summed E-state index contributed by atoms with van der Waals surface area (Å²) >= 11 is 0. The summed E-state index contributed by atoms with van der Waals surface area (Å²) in [7, 11) is 0. The number of aryl methyl sites for hydroxylation is 1. The molecule has 6 heteroatoms. The van der Waals surface area contributed by atoms with Gasteiger partial charge in [0, 0.05) is 6.07 Å². The van der Waals surface area contributed by atoms with Gasteiger partial charge in [0.1, 0.15) is 17.9 Å². The van der Waals surface area contributed by atoms with Gasteiger partial charge in [0.15, 0.2) is 0 Å². The first-order valence-corrected chi connectivity index (χ1v) is 5.88. The number of rotatable bonds is 6. The van der Waals surface area contributed by atoms with Crippen molar-refractivity contribution in [1.82, 2.24) is 15.0 Å². The van der Waals surface area contributed by atoms with Crippen molar-refractivity contribution in [1.29, 1.82) is 0 Å². The van der Waals surface area contributed by atoms with E-state index in [1.54, 1.807) is 12.3 Å². The second-order valence-corrected chi connectivity index (χ2v) is 3.81. The maximum atomic E-state index is 5.42. The van der Waals surface area contributed by atoms with E-state index in [0.29, 0.717) is 30.7 Å². The van der Waals surface area contributed by atoms with Crippen molar-refractivity contribution in [2.45, 2.75) is 26.8 Å². The Balaban J connectivity index is 1.92. The minimum absolute atomic E-state index is 0.484. The van der Waals surface area contributed by atoms with Gasteiger partial charge < -0.3 is 14.5 Å².